The molecule has 7 rings (SSSR count). The van der Waals surface area contributed by atoms with E-state index in [2.05, 4.69) is 69.0 Å². The number of hydrogen-bond donors (Lipinski definition) is 2. The largest absolute Gasteiger partial charge is 0.481 e. The van der Waals surface area contributed by atoms with Crippen LogP contribution in [0.5, 0.6) is 0 Å². The number of rotatable bonds is 8. The molecule has 4 fully saturated rings. The maximum absolute atomic E-state index is 14.1. The number of aromatic nitrogens is 3. The van der Waals surface area contributed by atoms with Crippen LogP contribution in [0.3, 0.4) is 0 Å². The van der Waals surface area contributed by atoms with Gasteiger partial charge in [0.2, 0.25) is 0 Å². The summed E-state index contributed by atoms with van der Waals surface area (Å²) in [6.45, 7) is 19.6. The van der Waals surface area contributed by atoms with Crippen LogP contribution in [0.25, 0.3) is 11.6 Å². The number of carboxylic acids is 1. The average Bonchev–Trinajstić information content (AvgIpc) is 3.64. The van der Waals surface area contributed by atoms with Gasteiger partial charge in [-0.3, -0.25) is 14.4 Å². The lowest BCUT2D eigenvalue weighted by atomic mass is 9.33. The van der Waals surface area contributed by atoms with Crippen LogP contribution < -0.4 is 5.32 Å². The van der Waals surface area contributed by atoms with Crippen LogP contribution in [0.1, 0.15) is 127 Å². The molecule has 0 spiro atoms. The van der Waals surface area contributed by atoms with Gasteiger partial charge in [-0.05, 0) is 128 Å². The molecule has 2 heterocycles. The summed E-state index contributed by atoms with van der Waals surface area (Å²) in [5.74, 6) is 0.261. The molecule has 53 heavy (non-hydrogen) atoms. The Morgan fingerprint density at radius 3 is 2.40 bits per heavy atom. The second-order valence-corrected chi connectivity index (χ2v) is 19.8. The molecule has 5 aliphatic carbocycles. The van der Waals surface area contributed by atoms with Crippen molar-refractivity contribution in [2.75, 3.05) is 5.32 Å². The zero-order chi connectivity index (χ0) is 38.5. The normalized spacial score (nSPS) is 36.3. The number of carboxylic acid groups (broad SMARTS) is 1. The third-order valence-corrected chi connectivity index (χ3v) is 15.8. The summed E-state index contributed by atoms with van der Waals surface area (Å²) in [5, 5.41) is 22.5. The summed E-state index contributed by atoms with van der Waals surface area (Å²) in [4.78, 5) is 43.2. The van der Waals surface area contributed by atoms with Crippen molar-refractivity contribution in [2.45, 2.75) is 138 Å². The van der Waals surface area contributed by atoms with Crippen molar-refractivity contribution in [1.29, 1.82) is 0 Å². The predicted octanol–water partition coefficient (Wildman–Crippen LogP) is 9.34. The lowest BCUT2D eigenvalue weighted by molar-refractivity contribution is -0.231. The summed E-state index contributed by atoms with van der Waals surface area (Å²) in [6, 6.07) is 3.79. The zero-order valence-electron chi connectivity index (χ0n) is 32.9. The highest BCUT2D eigenvalue weighted by molar-refractivity contribution is 6.30. The monoisotopic (exact) mass is 748 g/mol. The SMILES string of the molecule is CC(C)C1=C2[C@H]3CC[C@H]4[C@@]5(C)CC[C@H](OC(=O)CC(C)(C)C(=O)O)C(C)(C)C5CC[C@@]4(C)[C@]3(C)CC[C@@]2(Nc2nnc(-c3ccc(Cl)cn3)o2)CC1=O. The Kier molecular flexibility index (Phi) is 9.07. The van der Waals surface area contributed by atoms with Gasteiger partial charge in [0.15, 0.2) is 5.78 Å². The van der Waals surface area contributed by atoms with Crippen molar-refractivity contribution in [2.24, 2.45) is 50.7 Å². The number of pyridine rings is 1. The van der Waals surface area contributed by atoms with Gasteiger partial charge in [-0.1, -0.05) is 65.2 Å². The Bertz CT molecular complexity index is 1850. The van der Waals surface area contributed by atoms with Crippen molar-refractivity contribution in [3.63, 3.8) is 0 Å². The molecule has 11 heteroatoms. The molecule has 2 N–H and O–H groups in total. The number of hydrogen-bond acceptors (Lipinski definition) is 9. The maximum atomic E-state index is 14.1. The lowest BCUT2D eigenvalue weighted by Crippen LogP contribution is -2.66. The summed E-state index contributed by atoms with van der Waals surface area (Å²) in [7, 11) is 0. The Morgan fingerprint density at radius 2 is 1.74 bits per heavy atom. The fraction of sp³-hybridized carbons (Fsp3) is 0.714. The van der Waals surface area contributed by atoms with Gasteiger partial charge in [-0.25, -0.2) is 4.98 Å². The van der Waals surface area contributed by atoms with Crippen LogP contribution in [0.4, 0.5) is 6.01 Å². The summed E-state index contributed by atoms with van der Waals surface area (Å²) >= 11 is 6.06. The van der Waals surface area contributed by atoms with Gasteiger partial charge in [0.1, 0.15) is 11.8 Å². The van der Waals surface area contributed by atoms with Crippen LogP contribution in [0.15, 0.2) is 33.9 Å². The minimum atomic E-state index is -1.17. The molecule has 2 aromatic heterocycles. The van der Waals surface area contributed by atoms with E-state index in [-0.39, 0.29) is 51.8 Å². The smallest absolute Gasteiger partial charge is 0.316 e. The first-order valence-corrected chi connectivity index (χ1v) is 20.0. The molecule has 4 saturated carbocycles. The molecular weight excluding hydrogens is 692 g/mol. The number of ether oxygens (including phenoxy) is 1. The molecule has 2 aromatic rings. The number of fused-ring (bicyclic) bond motifs is 7. The first-order valence-electron chi connectivity index (χ1n) is 19.6. The van der Waals surface area contributed by atoms with E-state index >= 15 is 0 Å². The molecule has 5 aliphatic rings. The Labute approximate surface area is 318 Å². The first kappa shape index (κ1) is 38.0. The molecule has 0 saturated heterocycles. The highest BCUT2D eigenvalue weighted by Gasteiger charge is 2.70. The molecule has 0 aliphatic heterocycles. The summed E-state index contributed by atoms with van der Waals surface area (Å²) < 4.78 is 12.3. The minimum absolute atomic E-state index is 0.0295. The molecular formula is C42H57ClN4O6. The van der Waals surface area contributed by atoms with Crippen LogP contribution in [-0.4, -0.2) is 49.7 Å². The number of ketones is 1. The van der Waals surface area contributed by atoms with E-state index < -0.39 is 22.9 Å². The standard InChI is InChI=1S/C42H57ClN4O6/c1-23(2)32-27(48)20-42(45-36-47-46-34(53-36)26-12-10-24(43)22-44-26)19-18-40(8)25(33(32)42)11-13-29-39(7)16-15-30(52-31(49)21-37(3,4)35(50)51)38(5,6)28(39)14-17-41(29,40)9/h10,12,22-23,25,28-30H,11,13-21H2,1-9H3,(H,45,47)(H,50,51)/t25-,28?,29+,30+,39+,40-,41-,42-/m1/s1. The fourth-order valence-electron chi connectivity index (χ4n) is 12.7. The van der Waals surface area contributed by atoms with Crippen molar-refractivity contribution in [3.05, 3.63) is 34.5 Å². The van der Waals surface area contributed by atoms with Crippen molar-refractivity contribution < 1.29 is 28.6 Å². The predicted molar refractivity (Wildman–Crippen MR) is 202 cm³/mol. The van der Waals surface area contributed by atoms with Crippen LogP contribution >= 0.6 is 11.6 Å². The van der Waals surface area contributed by atoms with E-state index in [0.29, 0.717) is 40.9 Å². The fourth-order valence-corrected chi connectivity index (χ4v) is 12.8. The molecule has 1 unspecified atom stereocenters. The lowest BCUT2D eigenvalue weighted by Gasteiger charge is -2.72. The quantitative estimate of drug-likeness (QED) is 0.251. The Hall–Kier alpha value is -3.27. The first-order chi connectivity index (χ1) is 24.7. The van der Waals surface area contributed by atoms with Crippen LogP contribution in [-0.2, 0) is 19.1 Å². The van der Waals surface area contributed by atoms with E-state index in [1.165, 1.54) is 5.57 Å². The minimum Gasteiger partial charge on any atom is -0.481 e. The van der Waals surface area contributed by atoms with E-state index in [9.17, 15) is 19.5 Å². The highest BCUT2D eigenvalue weighted by Crippen LogP contribution is 2.76. The number of anilines is 1. The summed E-state index contributed by atoms with van der Waals surface area (Å²) in [5.41, 5.74) is 0.838. The van der Waals surface area contributed by atoms with E-state index in [1.54, 1.807) is 32.2 Å². The Balaban J connectivity index is 1.17. The molecule has 0 amide bonds. The molecule has 8 atom stereocenters. The Morgan fingerprint density at radius 1 is 1.00 bits per heavy atom. The number of nitrogens with zero attached hydrogens (tertiary/aromatic N) is 3. The number of esters is 1. The number of Topliss-reactive ketones (excluding diaryl/α,β-unsaturated/α-hetero) is 1. The molecule has 288 valence electrons. The third kappa shape index (κ3) is 5.78. The van der Waals surface area contributed by atoms with E-state index in [0.717, 1.165) is 56.9 Å². The number of halogens is 1. The second-order valence-electron chi connectivity index (χ2n) is 19.4. The maximum Gasteiger partial charge on any atom is 0.316 e. The number of carbonyl (C=O) groups excluding carboxylic acids is 2. The van der Waals surface area contributed by atoms with Gasteiger partial charge < -0.3 is 19.6 Å². The van der Waals surface area contributed by atoms with Gasteiger partial charge in [0, 0.05) is 18.0 Å². The van der Waals surface area contributed by atoms with Gasteiger partial charge in [0.05, 0.1) is 22.4 Å². The molecule has 0 aromatic carbocycles. The van der Waals surface area contributed by atoms with Gasteiger partial charge in [0.25, 0.3) is 5.89 Å². The number of nitrogens with one attached hydrogen (secondary N) is 1. The summed E-state index contributed by atoms with van der Waals surface area (Å²) in [6.07, 6.45) is 9.25. The van der Waals surface area contributed by atoms with Crippen molar-refractivity contribution >= 4 is 35.3 Å². The topological polar surface area (TPSA) is 145 Å². The zero-order valence-corrected chi connectivity index (χ0v) is 33.7. The van der Waals surface area contributed by atoms with E-state index in [1.807, 2.05) is 0 Å². The van der Waals surface area contributed by atoms with Crippen molar-refractivity contribution in [1.82, 2.24) is 15.2 Å². The second kappa shape index (κ2) is 12.6. The highest BCUT2D eigenvalue weighted by atomic mass is 35.5. The third-order valence-electron chi connectivity index (χ3n) is 15.5. The number of aliphatic carboxylic acids is 1. The average molecular weight is 749 g/mol. The van der Waals surface area contributed by atoms with Gasteiger partial charge >= 0.3 is 18.0 Å². The van der Waals surface area contributed by atoms with Crippen molar-refractivity contribution in [3.8, 4) is 11.6 Å². The van der Waals surface area contributed by atoms with Crippen LogP contribution in [0, 0.1) is 50.7 Å². The molecule has 0 bridgehead atoms. The van der Waals surface area contributed by atoms with Gasteiger partial charge in [-0.2, -0.15) is 0 Å². The van der Waals surface area contributed by atoms with Crippen LogP contribution in [0.2, 0.25) is 5.02 Å². The van der Waals surface area contributed by atoms with E-state index in [4.69, 9.17) is 20.8 Å². The number of carbonyl (C=O) groups is 3. The molecule has 10 nitrogen and oxygen atoms in total. The molecule has 0 radical (unpaired) electrons. The number of allylic oxidation sites excluding steroid dienone is 1. The van der Waals surface area contributed by atoms with Gasteiger partial charge in [-0.15, -0.1) is 5.10 Å².